The standard InChI is InChI=1S/C15H12FN3O2/c1-20-11-6-7-13(17)12(8-11)15-18-14(19-21-15)9-2-4-10(16)5-3-9/h2-8H,17H2,1H3. The van der Waals surface area contributed by atoms with E-state index in [9.17, 15) is 4.39 Å². The SMILES string of the molecule is COc1ccc(N)c(-c2nc(-c3ccc(F)cc3)no2)c1. The van der Waals surface area contributed by atoms with E-state index >= 15 is 0 Å². The molecule has 0 bridgehead atoms. The fraction of sp³-hybridized carbons (Fsp3) is 0.0667. The number of nitrogen functional groups attached to an aromatic ring is 1. The van der Waals surface area contributed by atoms with Crippen molar-refractivity contribution in [2.45, 2.75) is 0 Å². The lowest BCUT2D eigenvalue weighted by Gasteiger charge is -2.03. The van der Waals surface area contributed by atoms with E-state index in [0.717, 1.165) is 0 Å². The first-order valence-corrected chi connectivity index (χ1v) is 6.21. The summed E-state index contributed by atoms with van der Waals surface area (Å²) in [6, 6.07) is 11.0. The first-order chi connectivity index (χ1) is 10.2. The number of hydrogen-bond acceptors (Lipinski definition) is 5. The topological polar surface area (TPSA) is 74.2 Å². The highest BCUT2D eigenvalue weighted by molar-refractivity contribution is 5.73. The second-order valence-corrected chi connectivity index (χ2v) is 4.38. The summed E-state index contributed by atoms with van der Waals surface area (Å²) in [5, 5.41) is 3.88. The molecule has 2 aromatic carbocycles. The molecule has 3 aromatic rings. The largest absolute Gasteiger partial charge is 0.497 e. The third kappa shape index (κ3) is 2.55. The fourth-order valence-corrected chi connectivity index (χ4v) is 1.90. The number of anilines is 1. The molecule has 0 saturated heterocycles. The molecule has 0 aliphatic heterocycles. The highest BCUT2D eigenvalue weighted by atomic mass is 19.1. The van der Waals surface area contributed by atoms with E-state index < -0.39 is 0 Å². The Morgan fingerprint density at radius 3 is 2.62 bits per heavy atom. The number of nitrogens with zero attached hydrogens (tertiary/aromatic N) is 2. The predicted molar refractivity (Wildman–Crippen MR) is 76.1 cm³/mol. The van der Waals surface area contributed by atoms with Gasteiger partial charge in [-0.15, -0.1) is 0 Å². The number of rotatable bonds is 3. The molecule has 21 heavy (non-hydrogen) atoms. The second-order valence-electron chi connectivity index (χ2n) is 4.38. The lowest BCUT2D eigenvalue weighted by molar-refractivity contribution is 0.413. The van der Waals surface area contributed by atoms with E-state index in [4.69, 9.17) is 15.0 Å². The molecule has 106 valence electrons. The number of nitrogens with two attached hydrogens (primary N) is 1. The summed E-state index contributed by atoms with van der Waals surface area (Å²) >= 11 is 0. The highest BCUT2D eigenvalue weighted by Gasteiger charge is 2.14. The Bertz CT molecular complexity index is 769. The molecule has 0 aliphatic rings. The smallest absolute Gasteiger partial charge is 0.260 e. The van der Waals surface area contributed by atoms with Crippen LogP contribution in [-0.4, -0.2) is 17.3 Å². The van der Waals surface area contributed by atoms with Gasteiger partial charge in [0.25, 0.3) is 5.89 Å². The molecule has 1 heterocycles. The maximum Gasteiger partial charge on any atom is 0.260 e. The number of hydrogen-bond donors (Lipinski definition) is 1. The van der Waals surface area contributed by atoms with Crippen molar-refractivity contribution in [3.8, 4) is 28.6 Å². The van der Waals surface area contributed by atoms with Gasteiger partial charge in [-0.2, -0.15) is 4.98 Å². The quantitative estimate of drug-likeness (QED) is 0.748. The third-order valence-corrected chi connectivity index (χ3v) is 3.02. The summed E-state index contributed by atoms with van der Waals surface area (Å²) in [7, 11) is 1.56. The summed E-state index contributed by atoms with van der Waals surface area (Å²) < 4.78 is 23.3. The second kappa shape index (κ2) is 5.24. The van der Waals surface area contributed by atoms with Gasteiger partial charge in [-0.25, -0.2) is 4.39 Å². The molecule has 0 radical (unpaired) electrons. The van der Waals surface area contributed by atoms with Crippen molar-refractivity contribution in [3.05, 3.63) is 48.3 Å². The van der Waals surface area contributed by atoms with E-state index in [-0.39, 0.29) is 11.7 Å². The molecule has 0 unspecified atom stereocenters. The Labute approximate surface area is 120 Å². The minimum absolute atomic E-state index is 0.283. The van der Waals surface area contributed by atoms with Crippen molar-refractivity contribution in [3.63, 3.8) is 0 Å². The van der Waals surface area contributed by atoms with E-state index in [1.54, 1.807) is 37.4 Å². The Balaban J connectivity index is 2.00. The molecule has 0 fully saturated rings. The van der Waals surface area contributed by atoms with Crippen molar-refractivity contribution in [2.75, 3.05) is 12.8 Å². The lowest BCUT2D eigenvalue weighted by atomic mass is 10.1. The zero-order valence-electron chi connectivity index (χ0n) is 11.2. The summed E-state index contributed by atoms with van der Waals surface area (Å²) in [6.07, 6.45) is 0. The zero-order chi connectivity index (χ0) is 14.8. The highest BCUT2D eigenvalue weighted by Crippen LogP contribution is 2.30. The molecular weight excluding hydrogens is 273 g/mol. The van der Waals surface area contributed by atoms with Crippen molar-refractivity contribution < 1.29 is 13.7 Å². The van der Waals surface area contributed by atoms with Crippen LogP contribution in [0.15, 0.2) is 47.0 Å². The fourth-order valence-electron chi connectivity index (χ4n) is 1.90. The van der Waals surface area contributed by atoms with E-state index in [2.05, 4.69) is 10.1 Å². The van der Waals surface area contributed by atoms with Crippen molar-refractivity contribution in [1.82, 2.24) is 10.1 Å². The monoisotopic (exact) mass is 285 g/mol. The Morgan fingerprint density at radius 2 is 1.90 bits per heavy atom. The predicted octanol–water partition coefficient (Wildman–Crippen LogP) is 3.13. The minimum Gasteiger partial charge on any atom is -0.497 e. The molecule has 0 spiro atoms. The summed E-state index contributed by atoms with van der Waals surface area (Å²) in [6.45, 7) is 0. The number of ether oxygens (including phenoxy) is 1. The van der Waals surface area contributed by atoms with Crippen molar-refractivity contribution in [2.24, 2.45) is 0 Å². The molecular formula is C15H12FN3O2. The van der Waals surface area contributed by atoms with Gasteiger partial charge < -0.3 is 15.0 Å². The van der Waals surface area contributed by atoms with Gasteiger partial charge in [0, 0.05) is 11.3 Å². The number of methoxy groups -OCH3 is 1. The van der Waals surface area contributed by atoms with Crippen LogP contribution in [0, 0.1) is 5.82 Å². The Kier molecular flexibility index (Phi) is 3.27. The van der Waals surface area contributed by atoms with Crippen LogP contribution in [0.4, 0.5) is 10.1 Å². The first-order valence-electron chi connectivity index (χ1n) is 6.21. The molecule has 2 N–H and O–H groups in total. The zero-order valence-corrected chi connectivity index (χ0v) is 11.2. The van der Waals surface area contributed by atoms with Crippen LogP contribution in [0.3, 0.4) is 0 Å². The van der Waals surface area contributed by atoms with Gasteiger partial charge in [0.2, 0.25) is 5.82 Å². The van der Waals surface area contributed by atoms with Crippen LogP contribution >= 0.6 is 0 Å². The lowest BCUT2D eigenvalue weighted by Crippen LogP contribution is -1.92. The minimum atomic E-state index is -0.320. The van der Waals surface area contributed by atoms with Gasteiger partial charge in [-0.05, 0) is 42.5 Å². The maximum atomic E-state index is 12.9. The van der Waals surface area contributed by atoms with Crippen LogP contribution in [0.2, 0.25) is 0 Å². The van der Waals surface area contributed by atoms with Gasteiger partial charge in [-0.1, -0.05) is 5.16 Å². The van der Waals surface area contributed by atoms with E-state index in [0.29, 0.717) is 28.4 Å². The van der Waals surface area contributed by atoms with Gasteiger partial charge in [0.15, 0.2) is 0 Å². The van der Waals surface area contributed by atoms with E-state index in [1.165, 1.54) is 12.1 Å². The number of aromatic nitrogens is 2. The first kappa shape index (κ1) is 13.1. The van der Waals surface area contributed by atoms with Crippen molar-refractivity contribution in [1.29, 1.82) is 0 Å². The normalized spacial score (nSPS) is 10.6. The molecule has 0 saturated carbocycles. The number of halogens is 1. The average Bonchev–Trinajstić information content (AvgIpc) is 2.98. The average molecular weight is 285 g/mol. The maximum absolute atomic E-state index is 12.9. The molecule has 0 atom stereocenters. The van der Waals surface area contributed by atoms with E-state index in [1.807, 2.05) is 0 Å². The molecule has 0 aliphatic carbocycles. The van der Waals surface area contributed by atoms with Crippen LogP contribution in [0.25, 0.3) is 22.8 Å². The molecule has 6 heteroatoms. The summed E-state index contributed by atoms with van der Waals surface area (Å²) in [4.78, 5) is 4.28. The molecule has 1 aromatic heterocycles. The number of benzene rings is 2. The van der Waals surface area contributed by atoms with Crippen molar-refractivity contribution >= 4 is 5.69 Å². The third-order valence-electron chi connectivity index (χ3n) is 3.02. The molecule has 3 rings (SSSR count). The molecule has 5 nitrogen and oxygen atoms in total. The van der Waals surface area contributed by atoms with Gasteiger partial charge in [0.1, 0.15) is 11.6 Å². The van der Waals surface area contributed by atoms with Crippen LogP contribution in [0.1, 0.15) is 0 Å². The summed E-state index contributed by atoms with van der Waals surface area (Å²) in [5.74, 6) is 0.971. The molecule has 0 amide bonds. The Hall–Kier alpha value is -2.89. The van der Waals surface area contributed by atoms with Crippen LogP contribution in [-0.2, 0) is 0 Å². The van der Waals surface area contributed by atoms with Crippen LogP contribution in [0.5, 0.6) is 5.75 Å². The van der Waals surface area contributed by atoms with Gasteiger partial charge >= 0.3 is 0 Å². The summed E-state index contributed by atoms with van der Waals surface area (Å²) in [5.41, 5.74) is 7.67. The van der Waals surface area contributed by atoms with Gasteiger partial charge in [-0.3, -0.25) is 0 Å². The Morgan fingerprint density at radius 1 is 1.14 bits per heavy atom. The van der Waals surface area contributed by atoms with Crippen LogP contribution < -0.4 is 10.5 Å². The van der Waals surface area contributed by atoms with Gasteiger partial charge in [0.05, 0.1) is 12.7 Å².